The Balaban J connectivity index is 2.79. The number of carboxylic acid groups (broad SMARTS) is 1. The van der Waals surface area contributed by atoms with Crippen LogP contribution in [0.3, 0.4) is 0 Å². The first kappa shape index (κ1) is 15.0. The number of anilines is 1. The van der Waals surface area contributed by atoms with E-state index in [1.807, 2.05) is 0 Å². The van der Waals surface area contributed by atoms with Crippen molar-refractivity contribution in [3.63, 3.8) is 0 Å². The molecule has 0 saturated carbocycles. The first-order valence-electron chi connectivity index (χ1n) is 6.12. The first-order chi connectivity index (χ1) is 8.73. The van der Waals surface area contributed by atoms with Crippen molar-refractivity contribution in [3.05, 3.63) is 29.3 Å². The van der Waals surface area contributed by atoms with Gasteiger partial charge in [-0.3, -0.25) is 9.59 Å². The van der Waals surface area contributed by atoms with E-state index in [0.29, 0.717) is 17.7 Å². The molecule has 104 valence electrons. The summed E-state index contributed by atoms with van der Waals surface area (Å²) < 4.78 is 0. The number of carbonyl (C=O) groups is 2. The number of carboxylic acids is 1. The van der Waals surface area contributed by atoms with E-state index < -0.39 is 11.5 Å². The Morgan fingerprint density at radius 3 is 2.58 bits per heavy atom. The molecule has 0 spiro atoms. The normalized spacial score (nSPS) is 11.1. The lowest BCUT2D eigenvalue weighted by molar-refractivity contribution is -0.137. The second kappa shape index (κ2) is 5.73. The van der Waals surface area contributed by atoms with Crippen molar-refractivity contribution >= 4 is 17.6 Å². The van der Waals surface area contributed by atoms with E-state index in [0.717, 1.165) is 5.56 Å². The highest BCUT2D eigenvalue weighted by Gasteiger charge is 2.23. The molecule has 19 heavy (non-hydrogen) atoms. The van der Waals surface area contributed by atoms with Crippen molar-refractivity contribution in [2.45, 2.75) is 39.2 Å². The SMILES string of the molecule is Cc1c(N)cccc1C(=O)NC(C)(C)CCC(=O)O. The zero-order valence-electron chi connectivity index (χ0n) is 11.5. The summed E-state index contributed by atoms with van der Waals surface area (Å²) in [4.78, 5) is 22.7. The molecule has 4 N–H and O–H groups in total. The average Bonchev–Trinajstić information content (AvgIpc) is 2.29. The Kier molecular flexibility index (Phi) is 4.53. The molecule has 0 bridgehead atoms. The predicted molar refractivity (Wildman–Crippen MR) is 74.0 cm³/mol. The number of benzene rings is 1. The molecule has 1 rings (SSSR count). The summed E-state index contributed by atoms with van der Waals surface area (Å²) in [5, 5.41) is 11.5. The number of nitrogens with one attached hydrogen (secondary N) is 1. The van der Waals surface area contributed by atoms with E-state index in [1.54, 1.807) is 39.0 Å². The Bertz CT molecular complexity index is 495. The molecule has 5 nitrogen and oxygen atoms in total. The summed E-state index contributed by atoms with van der Waals surface area (Å²) in [5.41, 5.74) is 7.00. The van der Waals surface area contributed by atoms with Gasteiger partial charge >= 0.3 is 5.97 Å². The Hall–Kier alpha value is -2.04. The van der Waals surface area contributed by atoms with Gasteiger partial charge in [-0.1, -0.05) is 6.07 Å². The molecular formula is C14H20N2O3. The van der Waals surface area contributed by atoms with Crippen molar-refractivity contribution in [2.75, 3.05) is 5.73 Å². The molecule has 1 aromatic carbocycles. The van der Waals surface area contributed by atoms with Crippen LogP contribution in [0.1, 0.15) is 42.6 Å². The van der Waals surface area contributed by atoms with Crippen LogP contribution in [0.4, 0.5) is 5.69 Å². The number of nitrogens with two attached hydrogens (primary N) is 1. The molecule has 0 atom stereocenters. The fourth-order valence-electron chi connectivity index (χ4n) is 1.76. The second-order valence-electron chi connectivity index (χ2n) is 5.25. The molecular weight excluding hydrogens is 244 g/mol. The maximum atomic E-state index is 12.2. The minimum absolute atomic E-state index is 0.0171. The van der Waals surface area contributed by atoms with Crippen molar-refractivity contribution in [1.82, 2.24) is 5.32 Å². The van der Waals surface area contributed by atoms with Crippen LogP contribution in [0.2, 0.25) is 0 Å². The van der Waals surface area contributed by atoms with Crippen molar-refractivity contribution in [1.29, 1.82) is 0 Å². The van der Waals surface area contributed by atoms with Gasteiger partial charge in [0.2, 0.25) is 0 Å². The summed E-state index contributed by atoms with van der Waals surface area (Å²) in [5.74, 6) is -1.11. The third kappa shape index (κ3) is 4.28. The van der Waals surface area contributed by atoms with Gasteiger partial charge < -0.3 is 16.2 Å². The predicted octanol–water partition coefficient (Wildman–Crippen LogP) is 1.95. The van der Waals surface area contributed by atoms with Gasteiger partial charge in [-0.2, -0.15) is 0 Å². The summed E-state index contributed by atoms with van der Waals surface area (Å²) in [6.07, 6.45) is 0.388. The van der Waals surface area contributed by atoms with Crippen LogP contribution < -0.4 is 11.1 Å². The number of amides is 1. The summed E-state index contributed by atoms with van der Waals surface area (Å²) >= 11 is 0. The number of hydrogen-bond acceptors (Lipinski definition) is 3. The fourth-order valence-corrected chi connectivity index (χ4v) is 1.76. The van der Waals surface area contributed by atoms with Crippen molar-refractivity contribution in [3.8, 4) is 0 Å². The average molecular weight is 264 g/mol. The lowest BCUT2D eigenvalue weighted by atomic mass is 9.97. The maximum Gasteiger partial charge on any atom is 0.303 e. The smallest absolute Gasteiger partial charge is 0.303 e. The molecule has 5 heteroatoms. The van der Waals surface area contributed by atoms with Gasteiger partial charge in [-0.05, 0) is 44.9 Å². The highest BCUT2D eigenvalue weighted by Crippen LogP contribution is 2.18. The van der Waals surface area contributed by atoms with Crippen LogP contribution in [0, 0.1) is 6.92 Å². The minimum atomic E-state index is -0.873. The Morgan fingerprint density at radius 2 is 2.00 bits per heavy atom. The summed E-state index contributed by atoms with van der Waals surface area (Å²) in [6.45, 7) is 5.39. The molecule has 1 amide bonds. The van der Waals surface area contributed by atoms with E-state index in [4.69, 9.17) is 10.8 Å². The molecule has 0 fully saturated rings. The number of nitrogen functional groups attached to an aromatic ring is 1. The highest BCUT2D eigenvalue weighted by atomic mass is 16.4. The molecule has 0 unspecified atom stereocenters. The first-order valence-corrected chi connectivity index (χ1v) is 6.12. The quantitative estimate of drug-likeness (QED) is 0.709. The molecule has 0 aliphatic rings. The van der Waals surface area contributed by atoms with Crippen molar-refractivity contribution in [2.24, 2.45) is 0 Å². The van der Waals surface area contributed by atoms with Gasteiger partial charge in [-0.15, -0.1) is 0 Å². The standard InChI is InChI=1S/C14H20N2O3/c1-9-10(5-4-6-11(9)15)13(19)16-14(2,3)8-7-12(17)18/h4-6H,7-8,15H2,1-3H3,(H,16,19)(H,17,18). The topological polar surface area (TPSA) is 92.4 Å². The van der Waals surface area contributed by atoms with E-state index in [1.165, 1.54) is 0 Å². The highest BCUT2D eigenvalue weighted by molar-refractivity contribution is 5.97. The van der Waals surface area contributed by atoms with Gasteiger partial charge in [0.1, 0.15) is 0 Å². The van der Waals surface area contributed by atoms with Gasteiger partial charge in [0.15, 0.2) is 0 Å². The molecule has 1 aromatic rings. The number of rotatable bonds is 5. The summed E-state index contributed by atoms with van der Waals surface area (Å²) in [7, 11) is 0. The third-order valence-electron chi connectivity index (χ3n) is 3.04. The van der Waals surface area contributed by atoms with Crippen LogP contribution in [-0.4, -0.2) is 22.5 Å². The Morgan fingerprint density at radius 1 is 1.37 bits per heavy atom. The molecule has 0 saturated heterocycles. The second-order valence-corrected chi connectivity index (χ2v) is 5.25. The van der Waals surface area contributed by atoms with Crippen LogP contribution in [0.15, 0.2) is 18.2 Å². The lowest BCUT2D eigenvalue weighted by Crippen LogP contribution is -2.44. The number of aliphatic carboxylic acids is 1. The van der Waals surface area contributed by atoms with E-state index >= 15 is 0 Å². The van der Waals surface area contributed by atoms with Crippen LogP contribution in [-0.2, 0) is 4.79 Å². The van der Waals surface area contributed by atoms with Gasteiger partial charge in [0.05, 0.1) is 0 Å². The molecule has 0 aliphatic heterocycles. The summed E-state index contributed by atoms with van der Waals surface area (Å²) in [6, 6.07) is 5.16. The van der Waals surface area contributed by atoms with E-state index in [-0.39, 0.29) is 12.3 Å². The Labute approximate surface area is 112 Å². The largest absolute Gasteiger partial charge is 0.481 e. The van der Waals surface area contributed by atoms with Gasteiger partial charge in [-0.25, -0.2) is 0 Å². The lowest BCUT2D eigenvalue weighted by Gasteiger charge is -2.26. The third-order valence-corrected chi connectivity index (χ3v) is 3.04. The van der Waals surface area contributed by atoms with Crippen molar-refractivity contribution < 1.29 is 14.7 Å². The van der Waals surface area contributed by atoms with Crippen LogP contribution in [0.25, 0.3) is 0 Å². The minimum Gasteiger partial charge on any atom is -0.481 e. The fraction of sp³-hybridized carbons (Fsp3) is 0.429. The molecule has 0 heterocycles. The van der Waals surface area contributed by atoms with Gasteiger partial charge in [0.25, 0.3) is 5.91 Å². The van der Waals surface area contributed by atoms with E-state index in [9.17, 15) is 9.59 Å². The zero-order chi connectivity index (χ0) is 14.6. The zero-order valence-corrected chi connectivity index (χ0v) is 11.5. The van der Waals surface area contributed by atoms with E-state index in [2.05, 4.69) is 5.32 Å². The van der Waals surface area contributed by atoms with Crippen LogP contribution in [0.5, 0.6) is 0 Å². The molecule has 0 aliphatic carbocycles. The number of carbonyl (C=O) groups excluding carboxylic acids is 1. The van der Waals surface area contributed by atoms with Gasteiger partial charge in [0, 0.05) is 23.2 Å². The molecule has 0 radical (unpaired) electrons. The monoisotopic (exact) mass is 264 g/mol. The number of hydrogen-bond donors (Lipinski definition) is 3. The maximum absolute atomic E-state index is 12.2. The van der Waals surface area contributed by atoms with Crippen LogP contribution >= 0.6 is 0 Å². The molecule has 0 aromatic heterocycles.